The minimum atomic E-state index is -3.55. The van der Waals surface area contributed by atoms with Crippen molar-refractivity contribution in [2.75, 3.05) is 18.7 Å². The second-order valence-electron chi connectivity index (χ2n) is 7.61. The van der Waals surface area contributed by atoms with Crippen molar-refractivity contribution >= 4 is 49.1 Å². The van der Waals surface area contributed by atoms with Crippen LogP contribution in [0.15, 0.2) is 70.6 Å². The SMILES string of the molecule is COc1cc(C=C(C#N)C(=O)Nc2nnc(S(C)(=O)=O)s2)ccc1OCc1cccc2ccccc12. The van der Waals surface area contributed by atoms with Crippen LogP contribution in [-0.2, 0) is 21.2 Å². The largest absolute Gasteiger partial charge is 0.493 e. The summed E-state index contributed by atoms with van der Waals surface area (Å²) in [7, 11) is -2.05. The highest BCUT2D eigenvalue weighted by Crippen LogP contribution is 2.31. The minimum absolute atomic E-state index is 0.0312. The highest BCUT2D eigenvalue weighted by molar-refractivity contribution is 7.92. The van der Waals surface area contributed by atoms with Crippen molar-refractivity contribution in [3.63, 3.8) is 0 Å². The van der Waals surface area contributed by atoms with Crippen molar-refractivity contribution in [3.8, 4) is 17.6 Å². The minimum Gasteiger partial charge on any atom is -0.493 e. The fourth-order valence-electron chi connectivity index (χ4n) is 3.36. The zero-order chi connectivity index (χ0) is 25.7. The second-order valence-corrected chi connectivity index (χ2v) is 10.8. The van der Waals surface area contributed by atoms with Gasteiger partial charge in [-0.05, 0) is 40.1 Å². The molecule has 9 nitrogen and oxygen atoms in total. The molecule has 0 bridgehead atoms. The Bertz CT molecular complexity index is 1620. The Morgan fingerprint density at radius 3 is 2.61 bits per heavy atom. The predicted molar refractivity (Wildman–Crippen MR) is 137 cm³/mol. The number of sulfone groups is 1. The lowest BCUT2D eigenvalue weighted by molar-refractivity contribution is -0.112. The maximum atomic E-state index is 12.5. The van der Waals surface area contributed by atoms with Gasteiger partial charge in [0.05, 0.1) is 7.11 Å². The van der Waals surface area contributed by atoms with Gasteiger partial charge in [0.15, 0.2) is 11.5 Å². The molecule has 0 spiro atoms. The van der Waals surface area contributed by atoms with Gasteiger partial charge in [-0.25, -0.2) is 8.42 Å². The van der Waals surface area contributed by atoms with Gasteiger partial charge in [-0.3, -0.25) is 10.1 Å². The average Bonchev–Trinajstić information content (AvgIpc) is 3.35. The zero-order valence-electron chi connectivity index (χ0n) is 19.3. The third-order valence-electron chi connectivity index (χ3n) is 5.07. The maximum absolute atomic E-state index is 12.5. The van der Waals surface area contributed by atoms with E-state index in [0.717, 1.165) is 22.6 Å². The molecular weight excluding hydrogens is 500 g/mol. The molecule has 11 heteroatoms. The van der Waals surface area contributed by atoms with E-state index in [4.69, 9.17) is 9.47 Å². The van der Waals surface area contributed by atoms with E-state index < -0.39 is 15.7 Å². The van der Waals surface area contributed by atoms with E-state index in [9.17, 15) is 18.5 Å². The van der Waals surface area contributed by atoms with Gasteiger partial charge < -0.3 is 9.47 Å². The molecule has 4 aromatic rings. The topological polar surface area (TPSA) is 131 Å². The number of benzene rings is 3. The van der Waals surface area contributed by atoms with E-state index in [1.54, 1.807) is 18.2 Å². The molecule has 0 radical (unpaired) electrons. The van der Waals surface area contributed by atoms with Gasteiger partial charge in [-0.1, -0.05) is 59.9 Å². The monoisotopic (exact) mass is 520 g/mol. The second kappa shape index (κ2) is 10.6. The summed E-state index contributed by atoms with van der Waals surface area (Å²) >= 11 is 0.699. The summed E-state index contributed by atoms with van der Waals surface area (Å²) in [6.45, 7) is 0.329. The highest BCUT2D eigenvalue weighted by atomic mass is 32.2. The van der Waals surface area contributed by atoms with Gasteiger partial charge in [0.25, 0.3) is 5.91 Å². The summed E-state index contributed by atoms with van der Waals surface area (Å²) in [5, 5.41) is 21.2. The lowest BCUT2D eigenvalue weighted by Gasteiger charge is -2.13. The van der Waals surface area contributed by atoms with Crippen molar-refractivity contribution in [2.24, 2.45) is 0 Å². The van der Waals surface area contributed by atoms with Crippen LogP contribution in [0.5, 0.6) is 11.5 Å². The molecule has 0 fully saturated rings. The summed E-state index contributed by atoms with van der Waals surface area (Å²) in [5.74, 6) is 0.195. The Kier molecular flexibility index (Phi) is 7.28. The van der Waals surface area contributed by atoms with Gasteiger partial charge in [-0.15, -0.1) is 10.2 Å². The van der Waals surface area contributed by atoms with Gasteiger partial charge in [0.2, 0.25) is 19.3 Å². The molecule has 0 aliphatic heterocycles. The summed E-state index contributed by atoms with van der Waals surface area (Å²) in [6.07, 6.45) is 2.37. The van der Waals surface area contributed by atoms with Crippen LogP contribution >= 0.6 is 11.3 Å². The number of nitrogens with zero attached hydrogens (tertiary/aromatic N) is 3. The number of rotatable bonds is 8. The molecule has 0 aliphatic carbocycles. The first-order chi connectivity index (χ1) is 17.3. The van der Waals surface area contributed by atoms with E-state index in [2.05, 4.69) is 15.5 Å². The molecule has 182 valence electrons. The molecule has 4 rings (SSSR count). The molecular formula is C25H20N4O5S2. The molecule has 1 amide bonds. The molecule has 0 saturated carbocycles. The third kappa shape index (κ3) is 5.68. The fourth-order valence-corrected chi connectivity index (χ4v) is 4.86. The molecule has 0 aliphatic rings. The molecule has 36 heavy (non-hydrogen) atoms. The van der Waals surface area contributed by atoms with Crippen molar-refractivity contribution < 1.29 is 22.7 Å². The number of carbonyl (C=O) groups excluding carboxylic acids is 1. The van der Waals surface area contributed by atoms with Crippen LogP contribution < -0.4 is 14.8 Å². The van der Waals surface area contributed by atoms with E-state index in [1.807, 2.05) is 48.5 Å². The molecule has 3 aromatic carbocycles. The number of hydrogen-bond donors (Lipinski definition) is 1. The van der Waals surface area contributed by atoms with Crippen LogP contribution in [0.25, 0.3) is 16.8 Å². The highest BCUT2D eigenvalue weighted by Gasteiger charge is 2.18. The van der Waals surface area contributed by atoms with Crippen LogP contribution in [0.2, 0.25) is 0 Å². The lowest BCUT2D eigenvalue weighted by Crippen LogP contribution is -2.13. The summed E-state index contributed by atoms with van der Waals surface area (Å²) < 4.78 is 34.3. The molecule has 0 saturated heterocycles. The lowest BCUT2D eigenvalue weighted by atomic mass is 10.1. The maximum Gasteiger partial charge on any atom is 0.268 e. The Hall–Kier alpha value is -4.27. The predicted octanol–water partition coefficient (Wildman–Crippen LogP) is 4.23. The number of aromatic nitrogens is 2. The Morgan fingerprint density at radius 1 is 1.11 bits per heavy atom. The van der Waals surface area contributed by atoms with Crippen LogP contribution in [0.4, 0.5) is 5.13 Å². The zero-order valence-corrected chi connectivity index (χ0v) is 20.9. The van der Waals surface area contributed by atoms with Crippen molar-refractivity contribution in [1.82, 2.24) is 10.2 Å². The number of nitrogens with one attached hydrogen (secondary N) is 1. The number of hydrogen-bond acceptors (Lipinski definition) is 9. The van der Waals surface area contributed by atoms with Crippen molar-refractivity contribution in [3.05, 3.63) is 77.4 Å². The average molecular weight is 521 g/mol. The summed E-state index contributed by atoms with van der Waals surface area (Å²) in [6, 6.07) is 20.9. The summed E-state index contributed by atoms with van der Waals surface area (Å²) in [4.78, 5) is 12.5. The van der Waals surface area contributed by atoms with Crippen LogP contribution in [0.1, 0.15) is 11.1 Å². The number of methoxy groups -OCH3 is 1. The normalized spacial score (nSPS) is 11.6. The molecule has 1 N–H and O–H groups in total. The van der Waals surface area contributed by atoms with Crippen LogP contribution in [-0.4, -0.2) is 37.9 Å². The molecule has 1 heterocycles. The number of anilines is 1. The number of fused-ring (bicyclic) bond motifs is 1. The van der Waals surface area contributed by atoms with E-state index >= 15 is 0 Å². The van der Waals surface area contributed by atoms with Crippen LogP contribution in [0.3, 0.4) is 0 Å². The van der Waals surface area contributed by atoms with Crippen LogP contribution in [0, 0.1) is 11.3 Å². The molecule has 1 aromatic heterocycles. The number of nitriles is 1. The fraction of sp³-hybridized carbons (Fsp3) is 0.120. The van der Waals surface area contributed by atoms with Gasteiger partial charge in [0, 0.05) is 6.26 Å². The first-order valence-corrected chi connectivity index (χ1v) is 13.2. The first-order valence-electron chi connectivity index (χ1n) is 10.5. The standard InChI is InChI=1S/C25H20N4O5S2/c1-33-22-13-16(12-19(14-26)23(30)27-24-28-29-25(35-24)36(2,31)32)10-11-21(22)34-15-18-8-5-7-17-6-3-4-9-20(17)18/h3-13H,15H2,1-2H3,(H,27,28,30). The van der Waals surface area contributed by atoms with E-state index in [-0.39, 0.29) is 15.0 Å². The van der Waals surface area contributed by atoms with Gasteiger partial charge in [-0.2, -0.15) is 5.26 Å². The quantitative estimate of drug-likeness (QED) is 0.207. The van der Waals surface area contributed by atoms with E-state index in [1.165, 1.54) is 13.2 Å². The Balaban J connectivity index is 1.51. The first kappa shape index (κ1) is 24.8. The number of amides is 1. The third-order valence-corrected chi connectivity index (χ3v) is 7.58. The number of ether oxygens (including phenoxy) is 2. The van der Waals surface area contributed by atoms with Crippen molar-refractivity contribution in [1.29, 1.82) is 5.26 Å². The summed E-state index contributed by atoms with van der Waals surface area (Å²) in [5.41, 5.74) is 1.35. The van der Waals surface area contributed by atoms with E-state index in [0.29, 0.717) is 35.0 Å². The molecule has 0 atom stereocenters. The molecule has 0 unspecified atom stereocenters. The van der Waals surface area contributed by atoms with Crippen molar-refractivity contribution in [2.45, 2.75) is 10.9 Å². The Morgan fingerprint density at radius 2 is 1.89 bits per heavy atom. The smallest absolute Gasteiger partial charge is 0.268 e. The Labute approximate surface area is 211 Å². The number of carbonyl (C=O) groups is 1. The van der Waals surface area contributed by atoms with Gasteiger partial charge >= 0.3 is 0 Å². The van der Waals surface area contributed by atoms with Gasteiger partial charge in [0.1, 0.15) is 18.2 Å².